The number of sulfonamides is 1. The third kappa shape index (κ3) is 5.74. The molecule has 168 valence electrons. The Labute approximate surface area is 185 Å². The molecule has 0 atom stereocenters. The van der Waals surface area contributed by atoms with Gasteiger partial charge >= 0.3 is 0 Å². The quantitative estimate of drug-likeness (QED) is 0.611. The number of anilines is 1. The van der Waals surface area contributed by atoms with Crippen LogP contribution in [-0.2, 0) is 23.0 Å². The topological polar surface area (TPSA) is 75.6 Å². The molecule has 1 aromatic carbocycles. The van der Waals surface area contributed by atoms with Crippen molar-refractivity contribution in [1.29, 1.82) is 0 Å². The lowest BCUT2D eigenvalue weighted by atomic mass is 9.92. The van der Waals surface area contributed by atoms with Gasteiger partial charge in [0.1, 0.15) is 5.75 Å². The lowest BCUT2D eigenvalue weighted by molar-refractivity contribution is 0.278. The van der Waals surface area contributed by atoms with Gasteiger partial charge in [0.05, 0.1) is 18.6 Å². The molecule has 0 amide bonds. The summed E-state index contributed by atoms with van der Waals surface area (Å²) in [5.41, 5.74) is 3.23. The van der Waals surface area contributed by atoms with E-state index in [1.807, 2.05) is 25.1 Å². The number of piperidine rings is 1. The molecule has 0 N–H and O–H groups in total. The summed E-state index contributed by atoms with van der Waals surface area (Å²) >= 11 is 0. The van der Waals surface area contributed by atoms with Gasteiger partial charge in [0.2, 0.25) is 10.0 Å². The number of ether oxygens (including phenoxy) is 1. The van der Waals surface area contributed by atoms with Crippen molar-refractivity contribution in [3.8, 4) is 5.75 Å². The van der Waals surface area contributed by atoms with Crippen molar-refractivity contribution >= 4 is 15.8 Å². The van der Waals surface area contributed by atoms with Crippen LogP contribution in [-0.4, -0.2) is 55.4 Å². The number of hydrogen-bond acceptors (Lipinski definition) is 6. The van der Waals surface area contributed by atoms with E-state index in [-0.39, 0.29) is 0 Å². The third-order valence-corrected chi connectivity index (χ3v) is 7.62. The molecule has 7 nitrogen and oxygen atoms in total. The fraction of sp³-hybridized carbons (Fsp3) is 0.565. The van der Waals surface area contributed by atoms with Gasteiger partial charge in [-0.3, -0.25) is 0 Å². The largest absolute Gasteiger partial charge is 0.494 e. The third-order valence-electron chi connectivity index (χ3n) is 6.37. The number of aromatic nitrogens is 2. The standard InChI is InChI=1S/C23H32N4O3S/c1-18-5-8-23(25-24-18)26-12-9-19(10-13-26)4-3-15-30-22-7-6-21-17-27(31(2,28)29)14-11-20(21)16-22/h5-8,16,19H,3-4,9-15,17H2,1-2H3. The summed E-state index contributed by atoms with van der Waals surface area (Å²) in [6.45, 7) is 5.76. The van der Waals surface area contributed by atoms with Crippen LogP contribution >= 0.6 is 0 Å². The SMILES string of the molecule is Cc1ccc(N2CCC(CCCOc3ccc4c(c3)CCN(S(C)(=O)=O)C4)CC2)nn1. The summed E-state index contributed by atoms with van der Waals surface area (Å²) in [5, 5.41) is 8.47. The molecule has 1 aromatic heterocycles. The van der Waals surface area contributed by atoms with Crippen LogP contribution < -0.4 is 9.64 Å². The number of aryl methyl sites for hydroxylation is 1. The van der Waals surface area contributed by atoms with Crippen molar-refractivity contribution < 1.29 is 13.2 Å². The number of hydrogen-bond donors (Lipinski definition) is 0. The van der Waals surface area contributed by atoms with Crippen LogP contribution in [0.2, 0.25) is 0 Å². The van der Waals surface area contributed by atoms with E-state index >= 15 is 0 Å². The molecule has 0 radical (unpaired) electrons. The van der Waals surface area contributed by atoms with Crippen molar-refractivity contribution in [2.45, 2.75) is 45.6 Å². The van der Waals surface area contributed by atoms with E-state index in [4.69, 9.17) is 4.74 Å². The highest BCUT2D eigenvalue weighted by atomic mass is 32.2. The molecular formula is C23H32N4O3S. The number of benzene rings is 1. The predicted molar refractivity (Wildman–Crippen MR) is 122 cm³/mol. The van der Waals surface area contributed by atoms with Gasteiger partial charge < -0.3 is 9.64 Å². The molecule has 31 heavy (non-hydrogen) atoms. The van der Waals surface area contributed by atoms with Gasteiger partial charge in [-0.15, -0.1) is 5.10 Å². The van der Waals surface area contributed by atoms with Gasteiger partial charge in [-0.2, -0.15) is 9.40 Å². The molecule has 0 bridgehead atoms. The van der Waals surface area contributed by atoms with E-state index in [2.05, 4.69) is 27.2 Å². The Morgan fingerprint density at radius 1 is 1.06 bits per heavy atom. The van der Waals surface area contributed by atoms with E-state index in [0.29, 0.717) is 13.1 Å². The summed E-state index contributed by atoms with van der Waals surface area (Å²) in [7, 11) is -3.14. The highest BCUT2D eigenvalue weighted by Gasteiger charge is 2.23. The van der Waals surface area contributed by atoms with Gasteiger partial charge in [-0.05, 0) is 80.3 Å². The molecule has 1 saturated heterocycles. The van der Waals surface area contributed by atoms with Crippen LogP contribution in [0.5, 0.6) is 5.75 Å². The summed E-state index contributed by atoms with van der Waals surface area (Å²) < 4.78 is 31.1. The van der Waals surface area contributed by atoms with E-state index < -0.39 is 10.0 Å². The average Bonchev–Trinajstić information content (AvgIpc) is 2.77. The van der Waals surface area contributed by atoms with E-state index in [1.54, 1.807) is 0 Å². The van der Waals surface area contributed by atoms with Crippen molar-refractivity contribution in [1.82, 2.24) is 14.5 Å². The summed E-state index contributed by atoms with van der Waals surface area (Å²) in [5.74, 6) is 2.61. The molecule has 0 aliphatic carbocycles. The van der Waals surface area contributed by atoms with Gasteiger partial charge in [-0.1, -0.05) is 6.07 Å². The Hall–Kier alpha value is -2.19. The fourth-order valence-electron chi connectivity index (χ4n) is 4.45. The lowest BCUT2D eigenvalue weighted by Crippen LogP contribution is -2.35. The predicted octanol–water partition coefficient (Wildman–Crippen LogP) is 3.18. The molecule has 0 spiro atoms. The van der Waals surface area contributed by atoms with Crippen molar-refractivity contribution in [3.63, 3.8) is 0 Å². The van der Waals surface area contributed by atoms with E-state index in [9.17, 15) is 8.42 Å². The van der Waals surface area contributed by atoms with Gasteiger partial charge in [0.25, 0.3) is 0 Å². The molecule has 2 aromatic rings. The van der Waals surface area contributed by atoms with Crippen LogP contribution in [0, 0.1) is 12.8 Å². The zero-order valence-electron chi connectivity index (χ0n) is 18.5. The second-order valence-electron chi connectivity index (χ2n) is 8.73. The molecule has 2 aliphatic rings. The van der Waals surface area contributed by atoms with Gasteiger partial charge in [0.15, 0.2) is 5.82 Å². The van der Waals surface area contributed by atoms with Crippen LogP contribution in [0.25, 0.3) is 0 Å². The first-order valence-corrected chi connectivity index (χ1v) is 13.0. The molecule has 0 unspecified atom stereocenters. The Balaban J connectivity index is 1.18. The highest BCUT2D eigenvalue weighted by Crippen LogP contribution is 2.27. The average molecular weight is 445 g/mol. The van der Waals surface area contributed by atoms with Crippen LogP contribution in [0.15, 0.2) is 30.3 Å². The molecule has 3 heterocycles. The zero-order valence-corrected chi connectivity index (χ0v) is 19.3. The molecule has 8 heteroatoms. The summed E-state index contributed by atoms with van der Waals surface area (Å²) in [6.07, 6.45) is 6.62. The summed E-state index contributed by atoms with van der Waals surface area (Å²) in [6, 6.07) is 10.1. The minimum Gasteiger partial charge on any atom is -0.494 e. The number of fused-ring (bicyclic) bond motifs is 1. The summed E-state index contributed by atoms with van der Waals surface area (Å²) in [4.78, 5) is 2.33. The van der Waals surface area contributed by atoms with Crippen molar-refractivity contribution in [3.05, 3.63) is 47.2 Å². The first-order valence-electron chi connectivity index (χ1n) is 11.1. The highest BCUT2D eigenvalue weighted by molar-refractivity contribution is 7.88. The van der Waals surface area contributed by atoms with Crippen molar-refractivity contribution in [2.75, 3.05) is 37.4 Å². The molecule has 4 rings (SSSR count). The Bertz CT molecular complexity index is 986. The minimum absolute atomic E-state index is 0.460. The van der Waals surface area contributed by atoms with Crippen molar-refractivity contribution in [2.24, 2.45) is 5.92 Å². The fourth-order valence-corrected chi connectivity index (χ4v) is 5.25. The van der Waals surface area contributed by atoms with Gasteiger partial charge in [-0.25, -0.2) is 8.42 Å². The lowest BCUT2D eigenvalue weighted by Gasteiger charge is -2.32. The van der Waals surface area contributed by atoms with Crippen LogP contribution in [0.3, 0.4) is 0 Å². The van der Waals surface area contributed by atoms with E-state index in [1.165, 1.54) is 35.4 Å². The monoisotopic (exact) mass is 444 g/mol. The smallest absolute Gasteiger partial charge is 0.211 e. The normalized spacial score (nSPS) is 18.1. The maximum atomic E-state index is 11.8. The molecule has 2 aliphatic heterocycles. The van der Waals surface area contributed by atoms with Crippen LogP contribution in [0.4, 0.5) is 5.82 Å². The second kappa shape index (κ2) is 9.53. The Morgan fingerprint density at radius 2 is 1.87 bits per heavy atom. The number of rotatable bonds is 7. The van der Waals surface area contributed by atoms with Crippen LogP contribution in [0.1, 0.15) is 42.5 Å². The second-order valence-corrected chi connectivity index (χ2v) is 10.7. The number of nitrogens with zero attached hydrogens (tertiary/aromatic N) is 4. The van der Waals surface area contributed by atoms with Gasteiger partial charge in [0, 0.05) is 26.2 Å². The Morgan fingerprint density at radius 3 is 2.58 bits per heavy atom. The van der Waals surface area contributed by atoms with E-state index in [0.717, 1.165) is 61.3 Å². The zero-order chi connectivity index (χ0) is 21.8. The Kier molecular flexibility index (Phi) is 6.77. The first-order chi connectivity index (χ1) is 14.9. The minimum atomic E-state index is -3.14. The maximum Gasteiger partial charge on any atom is 0.211 e. The first kappa shape index (κ1) is 22.0. The molecule has 0 saturated carbocycles. The molecule has 1 fully saturated rings. The maximum absolute atomic E-state index is 11.8. The molecular weight excluding hydrogens is 412 g/mol.